The van der Waals surface area contributed by atoms with Crippen LogP contribution in [0, 0.1) is 5.92 Å². The highest BCUT2D eigenvalue weighted by Crippen LogP contribution is 2.31. The number of benzene rings is 1. The van der Waals surface area contributed by atoms with Crippen LogP contribution in [-0.4, -0.2) is 96.4 Å². The number of carbonyl (C=O) groups is 3. The van der Waals surface area contributed by atoms with Gasteiger partial charge in [0, 0.05) is 67.9 Å². The second-order valence-corrected chi connectivity index (χ2v) is 13.1. The Morgan fingerprint density at radius 3 is 2.31 bits per heavy atom. The molecule has 5 rings (SSSR count). The van der Waals surface area contributed by atoms with Crippen molar-refractivity contribution in [2.75, 3.05) is 63.9 Å². The van der Waals surface area contributed by atoms with Gasteiger partial charge in [-0.3, -0.25) is 24.2 Å². The molecule has 0 saturated carbocycles. The third-order valence-electron chi connectivity index (χ3n) is 8.46. The van der Waals surface area contributed by atoms with Crippen LogP contribution < -0.4 is 15.0 Å². The number of piperazine rings is 1. The van der Waals surface area contributed by atoms with Crippen LogP contribution in [0.25, 0.3) is 11.3 Å². The van der Waals surface area contributed by atoms with Crippen molar-refractivity contribution in [1.29, 1.82) is 0 Å². The molecule has 1 N–H and O–H groups in total. The van der Waals surface area contributed by atoms with Crippen molar-refractivity contribution in [1.82, 2.24) is 25.1 Å². The summed E-state index contributed by atoms with van der Waals surface area (Å²) >= 11 is 12.7. The van der Waals surface area contributed by atoms with E-state index in [-0.39, 0.29) is 31.3 Å². The molecule has 2 saturated heterocycles. The standard InChI is InChI=1S/C35H42Cl2N6O5/c1-3-47-35(46)19-30(45)23-42-10-12-43(13-11-42)33-5-4-31(21-39-33)48-34-15-26(14-32(40-34)27-16-28(36)18-29(37)17-27)22-41-8-6-25(7-9-41)20-38-24(2)44/h4-5,14-18,21,25H,3,6-13,19-20,22-23H2,1-2H3,(H,38,44). The molecule has 2 aliphatic rings. The number of nitrogens with one attached hydrogen (secondary N) is 1. The lowest BCUT2D eigenvalue weighted by Crippen LogP contribution is -2.48. The molecule has 0 aliphatic carbocycles. The van der Waals surface area contributed by atoms with E-state index in [0.29, 0.717) is 59.5 Å². The quantitative estimate of drug-likeness (QED) is 0.188. The molecule has 256 valence electrons. The molecule has 1 amide bonds. The lowest BCUT2D eigenvalue weighted by Gasteiger charge is -2.35. The molecule has 4 heterocycles. The van der Waals surface area contributed by atoms with E-state index in [1.54, 1.807) is 26.1 Å². The third kappa shape index (κ3) is 10.6. The fourth-order valence-corrected chi connectivity index (χ4v) is 6.53. The topological polar surface area (TPSA) is 117 Å². The number of hydrogen-bond donors (Lipinski definition) is 1. The van der Waals surface area contributed by atoms with Crippen molar-refractivity contribution < 1.29 is 23.9 Å². The molecule has 3 aromatic rings. The van der Waals surface area contributed by atoms with Crippen molar-refractivity contribution in [2.24, 2.45) is 5.92 Å². The van der Waals surface area contributed by atoms with E-state index in [4.69, 9.17) is 37.7 Å². The number of likely N-dealkylation sites (tertiary alicyclic amines) is 1. The summed E-state index contributed by atoms with van der Waals surface area (Å²) in [7, 11) is 0. The maximum atomic E-state index is 12.2. The summed E-state index contributed by atoms with van der Waals surface area (Å²) in [6.45, 7) is 9.90. The van der Waals surface area contributed by atoms with Gasteiger partial charge in [-0.15, -0.1) is 0 Å². The van der Waals surface area contributed by atoms with E-state index < -0.39 is 5.97 Å². The number of esters is 1. The van der Waals surface area contributed by atoms with Gasteiger partial charge in [0.15, 0.2) is 5.78 Å². The first-order chi connectivity index (χ1) is 23.1. The second-order valence-electron chi connectivity index (χ2n) is 12.3. The Morgan fingerprint density at radius 1 is 0.938 bits per heavy atom. The van der Waals surface area contributed by atoms with Gasteiger partial charge in [0.25, 0.3) is 0 Å². The first-order valence-electron chi connectivity index (χ1n) is 16.4. The number of piperidine rings is 1. The van der Waals surface area contributed by atoms with Gasteiger partial charge in [-0.05, 0) is 80.7 Å². The maximum absolute atomic E-state index is 12.2. The van der Waals surface area contributed by atoms with Crippen LogP contribution in [0.2, 0.25) is 10.0 Å². The number of anilines is 1. The largest absolute Gasteiger partial charge is 0.466 e. The lowest BCUT2D eigenvalue weighted by molar-refractivity contribution is -0.145. The fraction of sp³-hybridized carbons (Fsp3) is 0.457. The van der Waals surface area contributed by atoms with Crippen molar-refractivity contribution in [3.05, 3.63) is 64.3 Å². The van der Waals surface area contributed by atoms with E-state index in [1.807, 2.05) is 41.3 Å². The summed E-state index contributed by atoms with van der Waals surface area (Å²) in [5, 5.41) is 4.00. The molecule has 11 nitrogen and oxygen atoms in total. The van der Waals surface area contributed by atoms with E-state index in [2.05, 4.69) is 20.1 Å². The number of pyridine rings is 2. The van der Waals surface area contributed by atoms with E-state index in [1.165, 1.54) is 0 Å². The zero-order valence-electron chi connectivity index (χ0n) is 27.4. The van der Waals surface area contributed by atoms with Gasteiger partial charge in [0.05, 0.1) is 25.0 Å². The summed E-state index contributed by atoms with van der Waals surface area (Å²) in [5.41, 5.74) is 2.55. The molecule has 0 atom stereocenters. The molecule has 1 aromatic carbocycles. The molecular formula is C35H42Cl2N6O5. The Hall–Kier alpha value is -3.77. The molecule has 2 aromatic heterocycles. The van der Waals surface area contributed by atoms with Crippen LogP contribution in [0.4, 0.5) is 5.82 Å². The van der Waals surface area contributed by atoms with Crippen LogP contribution >= 0.6 is 23.2 Å². The highest BCUT2D eigenvalue weighted by atomic mass is 35.5. The second kappa shape index (κ2) is 17.1. The lowest BCUT2D eigenvalue weighted by atomic mass is 9.96. The highest BCUT2D eigenvalue weighted by molar-refractivity contribution is 6.35. The summed E-state index contributed by atoms with van der Waals surface area (Å²) in [6.07, 6.45) is 3.54. The zero-order chi connectivity index (χ0) is 34.0. The maximum Gasteiger partial charge on any atom is 0.313 e. The Morgan fingerprint density at radius 2 is 1.67 bits per heavy atom. The Kier molecular flexibility index (Phi) is 12.6. The number of aromatic nitrogens is 2. The van der Waals surface area contributed by atoms with Crippen LogP contribution in [0.15, 0.2) is 48.7 Å². The van der Waals surface area contributed by atoms with Crippen LogP contribution in [0.1, 0.15) is 38.7 Å². The van der Waals surface area contributed by atoms with Gasteiger partial charge < -0.3 is 19.7 Å². The van der Waals surface area contributed by atoms with E-state index >= 15 is 0 Å². The minimum absolute atomic E-state index is 0.0117. The first kappa shape index (κ1) is 35.5. The Bertz CT molecular complexity index is 1550. The minimum atomic E-state index is -0.476. The van der Waals surface area contributed by atoms with Crippen LogP contribution in [-0.2, 0) is 25.7 Å². The number of amides is 1. The Labute approximate surface area is 291 Å². The predicted molar refractivity (Wildman–Crippen MR) is 186 cm³/mol. The number of Topliss-reactive ketones (excluding diaryl/α,β-unsaturated/α-hetero) is 1. The van der Waals surface area contributed by atoms with Gasteiger partial charge in [-0.2, -0.15) is 0 Å². The van der Waals surface area contributed by atoms with Crippen molar-refractivity contribution >= 4 is 46.7 Å². The molecule has 0 spiro atoms. The van der Waals surface area contributed by atoms with Gasteiger partial charge >= 0.3 is 5.97 Å². The average Bonchev–Trinajstić information content (AvgIpc) is 3.05. The third-order valence-corrected chi connectivity index (χ3v) is 8.90. The zero-order valence-corrected chi connectivity index (χ0v) is 28.9. The van der Waals surface area contributed by atoms with Crippen molar-refractivity contribution in [3.63, 3.8) is 0 Å². The van der Waals surface area contributed by atoms with Gasteiger partial charge in [0.1, 0.15) is 18.0 Å². The van der Waals surface area contributed by atoms with Crippen molar-refractivity contribution in [2.45, 2.75) is 39.7 Å². The molecule has 0 bridgehead atoms. The first-order valence-corrected chi connectivity index (χ1v) is 17.1. The molecule has 2 aliphatic heterocycles. The van der Waals surface area contributed by atoms with Crippen LogP contribution in [0.5, 0.6) is 11.6 Å². The van der Waals surface area contributed by atoms with Gasteiger partial charge in [-0.1, -0.05) is 23.2 Å². The van der Waals surface area contributed by atoms with Crippen molar-refractivity contribution in [3.8, 4) is 22.9 Å². The average molecular weight is 698 g/mol. The molecule has 2 fully saturated rings. The molecular weight excluding hydrogens is 655 g/mol. The number of rotatable bonds is 13. The number of ketones is 1. The minimum Gasteiger partial charge on any atom is -0.466 e. The monoisotopic (exact) mass is 696 g/mol. The number of hydrogen-bond acceptors (Lipinski definition) is 10. The number of nitrogens with zero attached hydrogens (tertiary/aromatic N) is 5. The summed E-state index contributed by atoms with van der Waals surface area (Å²) in [6, 6.07) is 13.2. The number of ether oxygens (including phenoxy) is 2. The smallest absolute Gasteiger partial charge is 0.313 e. The number of halogens is 2. The highest BCUT2D eigenvalue weighted by Gasteiger charge is 2.22. The van der Waals surface area contributed by atoms with Crippen LogP contribution in [0.3, 0.4) is 0 Å². The molecule has 13 heteroatoms. The molecule has 48 heavy (non-hydrogen) atoms. The molecule has 0 radical (unpaired) electrons. The summed E-state index contributed by atoms with van der Waals surface area (Å²) < 4.78 is 11.1. The fourth-order valence-electron chi connectivity index (χ4n) is 6.00. The normalized spacial score (nSPS) is 16.0. The van der Waals surface area contributed by atoms with E-state index in [9.17, 15) is 14.4 Å². The summed E-state index contributed by atoms with van der Waals surface area (Å²) in [4.78, 5) is 51.2. The SMILES string of the molecule is CCOC(=O)CC(=O)CN1CCN(c2ccc(Oc3cc(CN4CCC(CNC(C)=O)CC4)cc(-c4cc(Cl)cc(Cl)c4)n3)cn2)CC1. The molecule has 0 unspecified atom stereocenters. The summed E-state index contributed by atoms with van der Waals surface area (Å²) in [5.74, 6) is 1.70. The predicted octanol–water partition coefficient (Wildman–Crippen LogP) is 5.24. The Balaban J connectivity index is 1.22. The number of carbonyl (C=O) groups excluding carboxylic acids is 3. The van der Waals surface area contributed by atoms with Gasteiger partial charge in [-0.25, -0.2) is 9.97 Å². The van der Waals surface area contributed by atoms with E-state index in [0.717, 1.165) is 56.0 Å². The van der Waals surface area contributed by atoms with Gasteiger partial charge in [0.2, 0.25) is 11.8 Å².